The van der Waals surface area contributed by atoms with Crippen molar-refractivity contribution in [2.45, 2.75) is 51.3 Å². The van der Waals surface area contributed by atoms with Crippen molar-refractivity contribution in [2.75, 3.05) is 12.4 Å². The molecule has 18 heavy (non-hydrogen) atoms. The van der Waals surface area contributed by atoms with E-state index in [1.165, 1.54) is 12.8 Å². The lowest BCUT2D eigenvalue weighted by molar-refractivity contribution is 0.0669. The number of nitrogens with zero attached hydrogens (tertiary/aromatic N) is 1. The molecular weight excluding hydrogens is 228 g/mol. The SMILES string of the molecule is CCn1cc(NC2CCCC(OC)C2)ccc1=O. The molecule has 0 bridgehead atoms. The summed E-state index contributed by atoms with van der Waals surface area (Å²) in [5, 5.41) is 3.51. The molecule has 1 heterocycles. The molecule has 1 aliphatic carbocycles. The Morgan fingerprint density at radius 3 is 3.00 bits per heavy atom. The maximum Gasteiger partial charge on any atom is 0.250 e. The maximum atomic E-state index is 11.5. The van der Waals surface area contributed by atoms with E-state index in [2.05, 4.69) is 5.32 Å². The lowest BCUT2D eigenvalue weighted by Gasteiger charge is -2.29. The third kappa shape index (κ3) is 3.13. The number of rotatable bonds is 4. The third-order valence-electron chi connectivity index (χ3n) is 3.65. The van der Waals surface area contributed by atoms with Crippen molar-refractivity contribution < 1.29 is 4.74 Å². The Kier molecular flexibility index (Phi) is 4.42. The molecule has 1 aromatic heterocycles. The Labute approximate surface area is 108 Å². The van der Waals surface area contributed by atoms with E-state index in [-0.39, 0.29) is 5.56 Å². The first-order chi connectivity index (χ1) is 8.72. The van der Waals surface area contributed by atoms with Gasteiger partial charge >= 0.3 is 0 Å². The first-order valence-corrected chi connectivity index (χ1v) is 6.72. The summed E-state index contributed by atoms with van der Waals surface area (Å²) in [7, 11) is 1.78. The van der Waals surface area contributed by atoms with E-state index in [0.717, 1.165) is 18.5 Å². The number of aryl methyl sites for hydroxylation is 1. The Morgan fingerprint density at radius 1 is 1.44 bits per heavy atom. The minimum Gasteiger partial charge on any atom is -0.381 e. The summed E-state index contributed by atoms with van der Waals surface area (Å²) in [5.41, 5.74) is 1.08. The summed E-state index contributed by atoms with van der Waals surface area (Å²) < 4.78 is 7.15. The highest BCUT2D eigenvalue weighted by Crippen LogP contribution is 2.23. The molecule has 100 valence electrons. The number of anilines is 1. The summed E-state index contributed by atoms with van der Waals surface area (Å²) in [6.07, 6.45) is 6.84. The number of pyridine rings is 1. The lowest BCUT2D eigenvalue weighted by Crippen LogP contribution is -2.31. The molecule has 1 aromatic rings. The molecule has 0 aliphatic heterocycles. The molecule has 0 spiro atoms. The van der Waals surface area contributed by atoms with E-state index in [9.17, 15) is 4.79 Å². The smallest absolute Gasteiger partial charge is 0.250 e. The molecule has 1 fully saturated rings. The number of aromatic nitrogens is 1. The molecule has 2 atom stereocenters. The quantitative estimate of drug-likeness (QED) is 0.891. The Hall–Kier alpha value is -1.29. The molecular formula is C14H22N2O2. The summed E-state index contributed by atoms with van der Waals surface area (Å²) in [6, 6.07) is 3.94. The van der Waals surface area contributed by atoms with E-state index >= 15 is 0 Å². The monoisotopic (exact) mass is 250 g/mol. The van der Waals surface area contributed by atoms with Crippen LogP contribution in [0.4, 0.5) is 5.69 Å². The van der Waals surface area contributed by atoms with Crippen LogP contribution in [0.25, 0.3) is 0 Å². The summed E-state index contributed by atoms with van der Waals surface area (Å²) in [5.74, 6) is 0. The van der Waals surface area contributed by atoms with Gasteiger partial charge in [0, 0.05) is 32.0 Å². The number of hydrogen-bond acceptors (Lipinski definition) is 3. The van der Waals surface area contributed by atoms with E-state index < -0.39 is 0 Å². The zero-order valence-electron chi connectivity index (χ0n) is 11.2. The van der Waals surface area contributed by atoms with E-state index in [0.29, 0.717) is 18.7 Å². The number of ether oxygens (including phenoxy) is 1. The van der Waals surface area contributed by atoms with Gasteiger partial charge in [-0.05, 0) is 38.7 Å². The van der Waals surface area contributed by atoms with Crippen molar-refractivity contribution in [3.05, 3.63) is 28.7 Å². The first kappa shape index (κ1) is 13.1. The van der Waals surface area contributed by atoms with Crippen LogP contribution < -0.4 is 10.9 Å². The van der Waals surface area contributed by atoms with Gasteiger partial charge in [-0.15, -0.1) is 0 Å². The van der Waals surface area contributed by atoms with E-state index in [1.807, 2.05) is 19.2 Å². The van der Waals surface area contributed by atoms with Crippen molar-refractivity contribution >= 4 is 5.69 Å². The number of hydrogen-bond donors (Lipinski definition) is 1. The molecule has 4 nitrogen and oxygen atoms in total. The van der Waals surface area contributed by atoms with Crippen LogP contribution in [0.2, 0.25) is 0 Å². The number of methoxy groups -OCH3 is 1. The van der Waals surface area contributed by atoms with Crippen LogP contribution >= 0.6 is 0 Å². The van der Waals surface area contributed by atoms with E-state index in [1.54, 1.807) is 17.7 Å². The summed E-state index contributed by atoms with van der Waals surface area (Å²) in [6.45, 7) is 2.69. The predicted molar refractivity (Wildman–Crippen MR) is 73.1 cm³/mol. The van der Waals surface area contributed by atoms with Crippen molar-refractivity contribution in [1.29, 1.82) is 0 Å². The molecule has 2 rings (SSSR count). The zero-order chi connectivity index (χ0) is 13.0. The predicted octanol–water partition coefficient (Wildman–Crippen LogP) is 2.24. The van der Waals surface area contributed by atoms with Gasteiger partial charge in [0.2, 0.25) is 0 Å². The second-order valence-electron chi connectivity index (χ2n) is 4.91. The largest absolute Gasteiger partial charge is 0.381 e. The highest BCUT2D eigenvalue weighted by Gasteiger charge is 2.21. The second kappa shape index (κ2) is 6.05. The van der Waals surface area contributed by atoms with Crippen LogP contribution in [-0.2, 0) is 11.3 Å². The fourth-order valence-corrected chi connectivity index (χ4v) is 2.59. The van der Waals surface area contributed by atoms with Gasteiger partial charge < -0.3 is 14.6 Å². The molecule has 2 unspecified atom stereocenters. The van der Waals surface area contributed by atoms with Gasteiger partial charge in [0.1, 0.15) is 0 Å². The highest BCUT2D eigenvalue weighted by atomic mass is 16.5. The zero-order valence-corrected chi connectivity index (χ0v) is 11.2. The average molecular weight is 250 g/mol. The normalized spacial score (nSPS) is 23.9. The molecule has 1 saturated carbocycles. The Bertz CT molecular complexity index is 442. The van der Waals surface area contributed by atoms with Gasteiger partial charge in [-0.2, -0.15) is 0 Å². The van der Waals surface area contributed by atoms with Gasteiger partial charge in [-0.1, -0.05) is 0 Å². The molecule has 0 amide bonds. The third-order valence-corrected chi connectivity index (χ3v) is 3.65. The van der Waals surface area contributed by atoms with Gasteiger partial charge in [0.05, 0.1) is 11.8 Å². The van der Waals surface area contributed by atoms with E-state index in [4.69, 9.17) is 4.74 Å². The topological polar surface area (TPSA) is 43.3 Å². The van der Waals surface area contributed by atoms with Crippen LogP contribution in [0.1, 0.15) is 32.6 Å². The van der Waals surface area contributed by atoms with Gasteiger partial charge in [0.15, 0.2) is 0 Å². The van der Waals surface area contributed by atoms with Crippen molar-refractivity contribution in [3.8, 4) is 0 Å². The van der Waals surface area contributed by atoms with Gasteiger partial charge in [-0.25, -0.2) is 0 Å². The van der Waals surface area contributed by atoms with Gasteiger partial charge in [-0.3, -0.25) is 4.79 Å². The van der Waals surface area contributed by atoms with Crippen LogP contribution in [0.5, 0.6) is 0 Å². The van der Waals surface area contributed by atoms with Crippen molar-refractivity contribution in [3.63, 3.8) is 0 Å². The average Bonchev–Trinajstić information content (AvgIpc) is 2.41. The summed E-state index contributed by atoms with van der Waals surface area (Å²) in [4.78, 5) is 11.5. The van der Waals surface area contributed by atoms with Crippen LogP contribution in [-0.4, -0.2) is 23.8 Å². The van der Waals surface area contributed by atoms with Crippen molar-refractivity contribution in [2.24, 2.45) is 0 Å². The molecule has 1 aliphatic rings. The molecule has 1 N–H and O–H groups in total. The van der Waals surface area contributed by atoms with Crippen LogP contribution in [0.15, 0.2) is 23.1 Å². The minimum atomic E-state index is 0.0569. The Morgan fingerprint density at radius 2 is 2.28 bits per heavy atom. The number of nitrogens with one attached hydrogen (secondary N) is 1. The lowest BCUT2D eigenvalue weighted by atomic mass is 9.93. The molecule has 0 radical (unpaired) electrons. The second-order valence-corrected chi connectivity index (χ2v) is 4.91. The maximum absolute atomic E-state index is 11.5. The summed E-state index contributed by atoms with van der Waals surface area (Å²) >= 11 is 0. The molecule has 0 aromatic carbocycles. The first-order valence-electron chi connectivity index (χ1n) is 6.72. The van der Waals surface area contributed by atoms with Crippen LogP contribution in [0, 0.1) is 0 Å². The Balaban J connectivity index is 2.02. The molecule has 0 saturated heterocycles. The molecule has 4 heteroatoms. The van der Waals surface area contributed by atoms with Crippen LogP contribution in [0.3, 0.4) is 0 Å². The minimum absolute atomic E-state index is 0.0569. The van der Waals surface area contributed by atoms with Crippen molar-refractivity contribution in [1.82, 2.24) is 4.57 Å². The fraction of sp³-hybridized carbons (Fsp3) is 0.643. The fourth-order valence-electron chi connectivity index (χ4n) is 2.59. The van der Waals surface area contributed by atoms with Gasteiger partial charge in [0.25, 0.3) is 5.56 Å². The standard InChI is InChI=1S/C14H22N2O2/c1-3-16-10-12(7-8-14(16)17)15-11-5-4-6-13(9-11)18-2/h7-8,10-11,13,15H,3-6,9H2,1-2H3. The highest BCUT2D eigenvalue weighted by molar-refractivity contribution is 5.41.